The molecule has 43 heavy (non-hydrogen) atoms. The Labute approximate surface area is 247 Å². The lowest BCUT2D eigenvalue weighted by molar-refractivity contribution is 0.102. The van der Waals surface area contributed by atoms with E-state index in [0.29, 0.717) is 17.2 Å². The Morgan fingerprint density at radius 3 is 2.28 bits per heavy atom. The zero-order valence-corrected chi connectivity index (χ0v) is 23.8. The van der Waals surface area contributed by atoms with Crippen LogP contribution in [-0.2, 0) is 0 Å². The van der Waals surface area contributed by atoms with Gasteiger partial charge in [0.2, 0.25) is 0 Å². The van der Waals surface area contributed by atoms with E-state index < -0.39 is 17.5 Å². The molecule has 0 fully saturated rings. The molecule has 0 unspecified atom stereocenters. The topological polar surface area (TPSA) is 121 Å². The van der Waals surface area contributed by atoms with Gasteiger partial charge in [-0.1, -0.05) is 42.5 Å². The Hall–Kier alpha value is -5.70. The largest absolute Gasteiger partial charge is 0.465 e. The number of furan rings is 1. The number of hydrogen-bond donors (Lipinski definition) is 3. The average Bonchev–Trinajstić information content (AvgIpc) is 3.37. The molecule has 0 aliphatic carbocycles. The smallest absolute Gasteiger partial charge is 0.412 e. The van der Waals surface area contributed by atoms with Crippen molar-refractivity contribution in [2.45, 2.75) is 26.3 Å². The number of nitrogens with one attached hydrogen (secondary N) is 2. The fraction of sp³-hybridized carbons (Fsp3) is 0.118. The third kappa shape index (κ3) is 5.48. The number of carboxylic acid groups (broad SMARTS) is 1. The van der Waals surface area contributed by atoms with Crippen LogP contribution in [0, 0.1) is 0 Å². The summed E-state index contributed by atoms with van der Waals surface area (Å²) in [5.41, 5.74) is 4.32. The van der Waals surface area contributed by atoms with Gasteiger partial charge in [-0.3, -0.25) is 9.69 Å². The van der Waals surface area contributed by atoms with Crippen molar-refractivity contribution in [1.29, 1.82) is 0 Å². The van der Waals surface area contributed by atoms with Crippen LogP contribution in [0.1, 0.15) is 31.1 Å². The summed E-state index contributed by atoms with van der Waals surface area (Å²) in [7, 11) is 0. The second-order valence-corrected chi connectivity index (χ2v) is 11.0. The lowest BCUT2D eigenvalue weighted by Gasteiger charge is -2.34. The van der Waals surface area contributed by atoms with Gasteiger partial charge < -0.3 is 20.2 Å². The summed E-state index contributed by atoms with van der Waals surface area (Å²) in [6, 6.07) is 29.6. The van der Waals surface area contributed by atoms with Crippen LogP contribution in [0.25, 0.3) is 33.2 Å². The van der Waals surface area contributed by atoms with E-state index in [2.05, 4.69) is 20.6 Å². The normalized spacial score (nSPS) is 11.4. The average molecular weight is 572 g/mol. The maximum Gasteiger partial charge on any atom is 0.412 e. The number of amides is 2. The number of carbonyl (C=O) groups is 2. The number of benzene rings is 4. The molecule has 0 bridgehead atoms. The van der Waals surface area contributed by atoms with Gasteiger partial charge >= 0.3 is 6.09 Å². The van der Waals surface area contributed by atoms with Crippen LogP contribution in [0.2, 0.25) is 0 Å². The summed E-state index contributed by atoms with van der Waals surface area (Å²) in [4.78, 5) is 35.3. The number of carbonyl (C=O) groups excluding carboxylic acids is 1. The van der Waals surface area contributed by atoms with Gasteiger partial charge in [-0.2, -0.15) is 0 Å². The lowest BCUT2D eigenvalue weighted by Crippen LogP contribution is -2.46. The second-order valence-electron chi connectivity index (χ2n) is 11.0. The highest BCUT2D eigenvalue weighted by Crippen LogP contribution is 2.35. The molecule has 0 saturated heterocycles. The molecule has 0 aliphatic heterocycles. The molecule has 0 radical (unpaired) electrons. The van der Waals surface area contributed by atoms with Crippen molar-refractivity contribution in [3.8, 4) is 11.3 Å². The first-order valence-corrected chi connectivity index (χ1v) is 13.7. The van der Waals surface area contributed by atoms with Gasteiger partial charge in [0.05, 0.1) is 16.9 Å². The van der Waals surface area contributed by atoms with Crippen molar-refractivity contribution in [3.63, 3.8) is 0 Å². The SMILES string of the molecule is CC(C)(C)N(C(=O)O)c1ccccc1C(=O)Nc1ccc(Nc2cc(-c3cccc4c3oc3ccccc34)ncn2)cc1. The number of aromatic nitrogens is 2. The number of anilines is 4. The monoisotopic (exact) mass is 571 g/mol. The van der Waals surface area contributed by atoms with Crippen LogP contribution in [0.5, 0.6) is 0 Å². The predicted octanol–water partition coefficient (Wildman–Crippen LogP) is 8.32. The predicted molar refractivity (Wildman–Crippen MR) is 169 cm³/mol. The van der Waals surface area contributed by atoms with Crippen molar-refractivity contribution in [1.82, 2.24) is 9.97 Å². The van der Waals surface area contributed by atoms with E-state index in [-0.39, 0.29) is 5.56 Å². The minimum Gasteiger partial charge on any atom is -0.465 e. The summed E-state index contributed by atoms with van der Waals surface area (Å²) < 4.78 is 6.17. The van der Waals surface area contributed by atoms with Gasteiger partial charge in [0.15, 0.2) is 0 Å². The Bertz CT molecular complexity index is 1980. The molecule has 2 aromatic heterocycles. The minimum atomic E-state index is -1.13. The third-order valence-electron chi connectivity index (χ3n) is 7.01. The number of hydrogen-bond acceptors (Lipinski definition) is 6. The van der Waals surface area contributed by atoms with Gasteiger partial charge in [-0.25, -0.2) is 14.8 Å². The molecule has 0 aliphatic rings. The highest BCUT2D eigenvalue weighted by Gasteiger charge is 2.31. The van der Waals surface area contributed by atoms with Crippen molar-refractivity contribution in [2.24, 2.45) is 0 Å². The van der Waals surface area contributed by atoms with Gasteiger partial charge in [0, 0.05) is 39.3 Å². The summed E-state index contributed by atoms with van der Waals surface area (Å²) >= 11 is 0. The molecule has 0 saturated carbocycles. The zero-order valence-electron chi connectivity index (χ0n) is 23.8. The Morgan fingerprint density at radius 1 is 0.814 bits per heavy atom. The molecule has 0 spiro atoms. The van der Waals surface area contributed by atoms with Crippen LogP contribution in [0.4, 0.5) is 27.7 Å². The fourth-order valence-corrected chi connectivity index (χ4v) is 5.12. The summed E-state index contributed by atoms with van der Waals surface area (Å²) in [5.74, 6) is 0.187. The molecule has 6 rings (SSSR count). The molecule has 9 heteroatoms. The molecule has 214 valence electrons. The molecule has 6 aromatic rings. The van der Waals surface area contributed by atoms with E-state index in [1.165, 1.54) is 11.2 Å². The molecule has 3 N–H and O–H groups in total. The van der Waals surface area contributed by atoms with Gasteiger partial charge in [-0.15, -0.1) is 0 Å². The number of rotatable bonds is 6. The van der Waals surface area contributed by atoms with Gasteiger partial charge in [0.25, 0.3) is 5.91 Å². The first kappa shape index (κ1) is 27.5. The molecule has 9 nitrogen and oxygen atoms in total. The molecule has 2 amide bonds. The molecule has 2 heterocycles. The van der Waals surface area contributed by atoms with E-state index in [0.717, 1.165) is 38.9 Å². The van der Waals surface area contributed by atoms with Crippen LogP contribution in [0.15, 0.2) is 108 Å². The highest BCUT2D eigenvalue weighted by atomic mass is 16.4. The fourth-order valence-electron chi connectivity index (χ4n) is 5.12. The van der Waals surface area contributed by atoms with Crippen LogP contribution >= 0.6 is 0 Å². The Balaban J connectivity index is 1.20. The van der Waals surface area contributed by atoms with E-state index in [1.807, 2.05) is 60.7 Å². The summed E-state index contributed by atoms with van der Waals surface area (Å²) in [5, 5.41) is 18.1. The van der Waals surface area contributed by atoms with E-state index in [4.69, 9.17) is 4.42 Å². The van der Waals surface area contributed by atoms with Crippen LogP contribution < -0.4 is 15.5 Å². The summed E-state index contributed by atoms with van der Waals surface area (Å²) in [6.07, 6.45) is 0.369. The molecule has 0 atom stereocenters. The van der Waals surface area contributed by atoms with Crippen molar-refractivity contribution < 1.29 is 19.1 Å². The minimum absolute atomic E-state index is 0.259. The van der Waals surface area contributed by atoms with Crippen LogP contribution in [-0.4, -0.2) is 32.6 Å². The van der Waals surface area contributed by atoms with Crippen LogP contribution in [0.3, 0.4) is 0 Å². The highest BCUT2D eigenvalue weighted by molar-refractivity contribution is 6.10. The standard InChI is InChI=1S/C34H29N5O4/c1-34(2,3)39(33(41)42)28-13-6-4-10-26(28)32(40)38-22-17-15-21(16-18-22)37-30-19-27(35-20-36-30)25-12-8-11-24-23-9-5-7-14-29(23)43-31(24)25/h4-20H,1-3H3,(H,38,40)(H,41,42)(H,35,36,37). The first-order valence-electron chi connectivity index (χ1n) is 13.7. The Kier molecular flexibility index (Phi) is 6.99. The van der Waals surface area contributed by atoms with E-state index in [9.17, 15) is 14.7 Å². The number of nitrogens with zero attached hydrogens (tertiary/aromatic N) is 3. The third-order valence-corrected chi connectivity index (χ3v) is 7.01. The molecule has 4 aromatic carbocycles. The van der Waals surface area contributed by atoms with Crippen molar-refractivity contribution in [3.05, 3.63) is 109 Å². The first-order chi connectivity index (χ1) is 20.7. The van der Waals surface area contributed by atoms with Gasteiger partial charge in [-0.05, 0) is 69.3 Å². The maximum absolute atomic E-state index is 13.2. The quantitative estimate of drug-likeness (QED) is 0.184. The summed E-state index contributed by atoms with van der Waals surface area (Å²) in [6.45, 7) is 5.34. The number of para-hydroxylation sites is 3. The molecular weight excluding hydrogens is 542 g/mol. The number of fused-ring (bicyclic) bond motifs is 3. The van der Waals surface area contributed by atoms with Gasteiger partial charge in [0.1, 0.15) is 23.3 Å². The lowest BCUT2D eigenvalue weighted by atomic mass is 10.0. The zero-order chi connectivity index (χ0) is 30.1. The molecular formula is C34H29N5O4. The maximum atomic E-state index is 13.2. The van der Waals surface area contributed by atoms with Crippen molar-refractivity contribution in [2.75, 3.05) is 15.5 Å². The second kappa shape index (κ2) is 10.9. The van der Waals surface area contributed by atoms with E-state index >= 15 is 0 Å². The Morgan fingerprint density at radius 2 is 1.51 bits per heavy atom. The van der Waals surface area contributed by atoms with Crippen molar-refractivity contribution >= 4 is 56.8 Å². The van der Waals surface area contributed by atoms with E-state index in [1.54, 1.807) is 57.2 Å².